The summed E-state index contributed by atoms with van der Waals surface area (Å²) in [6.45, 7) is 1.72. The first-order valence-corrected chi connectivity index (χ1v) is 6.46. The fraction of sp³-hybridized carbons (Fsp3) is 0.462. The van der Waals surface area contributed by atoms with E-state index in [1.165, 1.54) is 25.3 Å². The van der Waals surface area contributed by atoms with E-state index in [4.69, 9.17) is 4.74 Å². The van der Waals surface area contributed by atoms with E-state index in [0.29, 0.717) is 0 Å². The molecule has 2 N–H and O–H groups in total. The summed E-state index contributed by atoms with van der Waals surface area (Å²) in [6.07, 6.45) is 1.70. The van der Waals surface area contributed by atoms with Gasteiger partial charge >= 0.3 is 5.69 Å². The highest BCUT2D eigenvalue weighted by Gasteiger charge is 2.24. The van der Waals surface area contributed by atoms with E-state index >= 15 is 0 Å². The van der Waals surface area contributed by atoms with Gasteiger partial charge in [0.25, 0.3) is 5.91 Å². The normalized spacial score (nSPS) is 15.7. The van der Waals surface area contributed by atoms with E-state index in [1.54, 1.807) is 0 Å². The Morgan fingerprint density at radius 2 is 2.15 bits per heavy atom. The summed E-state index contributed by atoms with van der Waals surface area (Å²) in [5.74, 6) is -0.332. The molecule has 0 bridgehead atoms. The lowest BCUT2D eigenvalue weighted by atomic mass is 10.1. The maximum absolute atomic E-state index is 12.2. The summed E-state index contributed by atoms with van der Waals surface area (Å²) < 4.78 is 5.03. The number of amides is 1. The number of nitro benzene ring substituents is 1. The molecule has 1 amide bonds. The van der Waals surface area contributed by atoms with Crippen molar-refractivity contribution in [2.75, 3.05) is 20.2 Å². The zero-order valence-electron chi connectivity index (χ0n) is 11.2. The summed E-state index contributed by atoms with van der Waals surface area (Å²) in [4.78, 5) is 22.6. The second-order valence-electron chi connectivity index (χ2n) is 4.61. The molecular weight excluding hydrogens is 262 g/mol. The zero-order chi connectivity index (χ0) is 14.5. The van der Waals surface area contributed by atoms with Crippen LogP contribution in [0.4, 0.5) is 5.69 Å². The topological polar surface area (TPSA) is 93.5 Å². The smallest absolute Gasteiger partial charge is 0.311 e. The summed E-state index contributed by atoms with van der Waals surface area (Å²) in [5, 5.41) is 17.0. The Hall–Kier alpha value is -2.15. The minimum absolute atomic E-state index is 0.00364. The van der Waals surface area contributed by atoms with Crippen molar-refractivity contribution >= 4 is 11.6 Å². The lowest BCUT2D eigenvalue weighted by molar-refractivity contribution is -0.385. The highest BCUT2D eigenvalue weighted by molar-refractivity contribution is 5.98. The summed E-state index contributed by atoms with van der Waals surface area (Å²) in [6, 6.07) is 4.42. The van der Waals surface area contributed by atoms with Crippen LogP contribution in [-0.2, 0) is 0 Å². The van der Waals surface area contributed by atoms with E-state index in [1.807, 2.05) is 0 Å². The number of piperidine rings is 1. The van der Waals surface area contributed by atoms with Crippen LogP contribution in [0.5, 0.6) is 5.75 Å². The second kappa shape index (κ2) is 6.33. The Kier molecular flexibility index (Phi) is 4.52. The molecule has 1 fully saturated rings. The van der Waals surface area contributed by atoms with Crippen molar-refractivity contribution in [3.8, 4) is 5.75 Å². The van der Waals surface area contributed by atoms with Gasteiger partial charge in [0, 0.05) is 12.1 Å². The molecule has 1 saturated heterocycles. The average Bonchev–Trinajstić information content (AvgIpc) is 2.47. The molecule has 1 heterocycles. The number of ether oxygens (including phenoxy) is 1. The molecule has 0 saturated carbocycles. The number of carbonyl (C=O) groups excluding carboxylic acids is 1. The largest absolute Gasteiger partial charge is 0.490 e. The average molecular weight is 279 g/mol. The van der Waals surface area contributed by atoms with Crippen LogP contribution in [0.2, 0.25) is 0 Å². The number of methoxy groups -OCH3 is 1. The first kappa shape index (κ1) is 14.3. The van der Waals surface area contributed by atoms with Crippen molar-refractivity contribution in [3.05, 3.63) is 33.9 Å². The first-order valence-electron chi connectivity index (χ1n) is 6.46. The molecule has 0 atom stereocenters. The number of para-hydroxylation sites is 1. The van der Waals surface area contributed by atoms with Gasteiger partial charge in [-0.05, 0) is 32.0 Å². The van der Waals surface area contributed by atoms with Crippen LogP contribution in [0.25, 0.3) is 0 Å². The van der Waals surface area contributed by atoms with E-state index in [2.05, 4.69) is 10.6 Å². The molecule has 0 aliphatic carbocycles. The quantitative estimate of drug-likeness (QED) is 0.635. The molecule has 1 aliphatic heterocycles. The third-order valence-corrected chi connectivity index (χ3v) is 3.31. The Bertz CT molecular complexity index is 512. The fourth-order valence-corrected chi connectivity index (χ4v) is 2.29. The predicted octanol–water partition coefficient (Wildman–Crippen LogP) is 1.09. The molecule has 7 nitrogen and oxygen atoms in total. The molecule has 0 aromatic heterocycles. The van der Waals surface area contributed by atoms with Crippen molar-refractivity contribution in [1.29, 1.82) is 0 Å². The molecule has 0 radical (unpaired) electrons. The summed E-state index contributed by atoms with van der Waals surface area (Å²) >= 11 is 0. The van der Waals surface area contributed by atoms with Gasteiger partial charge in [-0.2, -0.15) is 0 Å². The molecule has 2 rings (SSSR count). The second-order valence-corrected chi connectivity index (χ2v) is 4.61. The molecule has 20 heavy (non-hydrogen) atoms. The molecule has 1 aromatic rings. The number of rotatable bonds is 4. The number of nitrogens with one attached hydrogen (secondary N) is 2. The van der Waals surface area contributed by atoms with E-state index in [9.17, 15) is 14.9 Å². The zero-order valence-corrected chi connectivity index (χ0v) is 11.2. The number of nitrogens with zero attached hydrogens (tertiary/aromatic N) is 1. The van der Waals surface area contributed by atoms with Gasteiger partial charge in [0.2, 0.25) is 5.75 Å². The third kappa shape index (κ3) is 3.05. The lowest BCUT2D eigenvalue weighted by Crippen LogP contribution is -2.42. The monoisotopic (exact) mass is 279 g/mol. The lowest BCUT2D eigenvalue weighted by Gasteiger charge is -2.23. The van der Waals surface area contributed by atoms with Gasteiger partial charge in [-0.25, -0.2) is 0 Å². The SMILES string of the molecule is COc1c(C(=O)NC2CCNCC2)cccc1[N+](=O)[O-]. The Morgan fingerprint density at radius 3 is 2.75 bits per heavy atom. The van der Waals surface area contributed by atoms with Gasteiger partial charge in [0.15, 0.2) is 0 Å². The Labute approximate surface area is 116 Å². The highest BCUT2D eigenvalue weighted by atomic mass is 16.6. The maximum atomic E-state index is 12.2. The molecule has 108 valence electrons. The summed E-state index contributed by atoms with van der Waals surface area (Å²) in [7, 11) is 1.32. The number of carbonyl (C=O) groups is 1. The first-order chi connectivity index (χ1) is 9.63. The van der Waals surface area contributed by atoms with Gasteiger partial charge in [-0.1, -0.05) is 6.07 Å². The molecule has 1 aromatic carbocycles. The van der Waals surface area contributed by atoms with E-state index in [0.717, 1.165) is 25.9 Å². The van der Waals surface area contributed by atoms with Gasteiger partial charge in [-0.3, -0.25) is 14.9 Å². The van der Waals surface area contributed by atoms with Crippen molar-refractivity contribution in [2.45, 2.75) is 18.9 Å². The van der Waals surface area contributed by atoms with Crippen LogP contribution in [0.15, 0.2) is 18.2 Å². The van der Waals surface area contributed by atoms with Crippen molar-refractivity contribution in [2.24, 2.45) is 0 Å². The van der Waals surface area contributed by atoms with Crippen LogP contribution < -0.4 is 15.4 Å². The van der Waals surface area contributed by atoms with E-state index < -0.39 is 4.92 Å². The van der Waals surface area contributed by atoms with E-state index in [-0.39, 0.29) is 28.9 Å². The summed E-state index contributed by atoms with van der Waals surface area (Å²) in [5.41, 5.74) is -0.00862. The predicted molar refractivity (Wildman–Crippen MR) is 73.0 cm³/mol. The maximum Gasteiger partial charge on any atom is 0.311 e. The van der Waals surface area contributed by atoms with Crippen molar-refractivity contribution in [3.63, 3.8) is 0 Å². The highest BCUT2D eigenvalue weighted by Crippen LogP contribution is 2.30. The van der Waals surface area contributed by atoms with Gasteiger partial charge < -0.3 is 15.4 Å². The van der Waals surface area contributed by atoms with Crippen molar-refractivity contribution in [1.82, 2.24) is 10.6 Å². The van der Waals surface area contributed by atoms with Crippen LogP contribution in [-0.4, -0.2) is 37.1 Å². The minimum atomic E-state index is -0.555. The Morgan fingerprint density at radius 1 is 1.45 bits per heavy atom. The molecule has 0 spiro atoms. The van der Waals surface area contributed by atoms with Crippen LogP contribution >= 0.6 is 0 Å². The number of hydrogen-bond acceptors (Lipinski definition) is 5. The van der Waals surface area contributed by atoms with Crippen LogP contribution in [0.3, 0.4) is 0 Å². The standard InChI is InChI=1S/C13H17N3O4/c1-20-12-10(3-2-4-11(12)16(18)19)13(17)15-9-5-7-14-8-6-9/h2-4,9,14H,5-8H2,1H3,(H,15,17). The number of nitro groups is 1. The minimum Gasteiger partial charge on any atom is -0.490 e. The molecule has 0 unspecified atom stereocenters. The van der Waals surface area contributed by atoms with Gasteiger partial charge in [0.1, 0.15) is 0 Å². The Balaban J connectivity index is 2.20. The molecular formula is C13H17N3O4. The number of benzene rings is 1. The fourth-order valence-electron chi connectivity index (χ4n) is 2.29. The van der Waals surface area contributed by atoms with Crippen LogP contribution in [0, 0.1) is 10.1 Å². The van der Waals surface area contributed by atoms with Crippen LogP contribution in [0.1, 0.15) is 23.2 Å². The third-order valence-electron chi connectivity index (χ3n) is 3.31. The molecule has 7 heteroatoms. The number of hydrogen-bond donors (Lipinski definition) is 2. The molecule has 1 aliphatic rings. The van der Waals surface area contributed by atoms with Crippen molar-refractivity contribution < 1.29 is 14.5 Å². The van der Waals surface area contributed by atoms with Gasteiger partial charge in [-0.15, -0.1) is 0 Å². The van der Waals surface area contributed by atoms with Gasteiger partial charge in [0.05, 0.1) is 17.6 Å².